The van der Waals surface area contributed by atoms with Crippen LogP contribution in [0, 0.1) is 0 Å². The average Bonchev–Trinajstić information content (AvgIpc) is 3.22. The van der Waals surface area contributed by atoms with Crippen molar-refractivity contribution in [1.82, 2.24) is 30.2 Å². The van der Waals surface area contributed by atoms with Crippen LogP contribution in [0.2, 0.25) is 0 Å². The second kappa shape index (κ2) is 6.95. The van der Waals surface area contributed by atoms with Crippen molar-refractivity contribution in [3.63, 3.8) is 0 Å². The largest absolute Gasteiger partial charge is 0.348 e. The number of hydrogen-bond donors (Lipinski definition) is 2. The smallest absolute Gasteiger partial charge is 0.220 e. The van der Waals surface area contributed by atoms with Crippen LogP contribution in [0.3, 0.4) is 0 Å². The lowest BCUT2D eigenvalue weighted by Crippen LogP contribution is -2.48. The van der Waals surface area contributed by atoms with E-state index in [2.05, 4.69) is 34.7 Å². The predicted octanol–water partition coefficient (Wildman–Crippen LogP) is 1.23. The van der Waals surface area contributed by atoms with Crippen LogP contribution in [0.1, 0.15) is 44.0 Å². The van der Waals surface area contributed by atoms with Gasteiger partial charge in [0.1, 0.15) is 0 Å². The first-order valence-corrected chi connectivity index (χ1v) is 8.27. The number of aromatic nitrogens is 4. The maximum atomic E-state index is 11.8. The van der Waals surface area contributed by atoms with Crippen LogP contribution in [0.15, 0.2) is 24.7 Å². The number of carbonyl (C=O) groups is 1. The molecule has 1 amide bonds. The van der Waals surface area contributed by atoms with Gasteiger partial charge in [-0.05, 0) is 26.3 Å². The summed E-state index contributed by atoms with van der Waals surface area (Å²) in [5.41, 5.74) is 2.22. The van der Waals surface area contributed by atoms with Gasteiger partial charge >= 0.3 is 0 Å². The van der Waals surface area contributed by atoms with Crippen molar-refractivity contribution in [1.29, 1.82) is 0 Å². The zero-order chi connectivity index (χ0) is 16.2. The second-order valence-electron chi connectivity index (χ2n) is 5.84. The number of hydrogen-bond acceptors (Lipinski definition) is 4. The molecular formula is C16H24N6O. The highest BCUT2D eigenvalue weighted by molar-refractivity contribution is 5.77. The van der Waals surface area contributed by atoms with Gasteiger partial charge in [0.15, 0.2) is 0 Å². The van der Waals surface area contributed by atoms with Crippen molar-refractivity contribution in [3.05, 3.63) is 35.9 Å². The van der Waals surface area contributed by atoms with E-state index in [1.54, 1.807) is 0 Å². The first-order chi connectivity index (χ1) is 11.2. The van der Waals surface area contributed by atoms with Crippen LogP contribution in [0.4, 0.5) is 0 Å². The molecule has 2 aromatic heterocycles. The topological polar surface area (TPSA) is 76.8 Å². The molecular weight excluding hydrogens is 292 g/mol. The molecule has 2 aromatic rings. The van der Waals surface area contributed by atoms with Crippen molar-refractivity contribution in [2.24, 2.45) is 0 Å². The van der Waals surface area contributed by atoms with Gasteiger partial charge in [-0.2, -0.15) is 10.2 Å². The minimum Gasteiger partial charge on any atom is -0.348 e. The number of nitrogens with zero attached hydrogens (tertiary/aromatic N) is 4. The SMILES string of the molecule is CCn1cc([C@@H]2NC(=O)CC[C@H]2NCc2ccnn2CC)cn1. The van der Waals surface area contributed by atoms with E-state index in [-0.39, 0.29) is 18.0 Å². The predicted molar refractivity (Wildman–Crippen MR) is 86.5 cm³/mol. The average molecular weight is 316 g/mol. The van der Waals surface area contributed by atoms with E-state index in [1.807, 2.05) is 34.0 Å². The van der Waals surface area contributed by atoms with Gasteiger partial charge in [-0.3, -0.25) is 14.2 Å². The van der Waals surface area contributed by atoms with E-state index in [0.717, 1.165) is 37.3 Å². The molecule has 1 aliphatic rings. The fraction of sp³-hybridized carbons (Fsp3) is 0.562. The summed E-state index contributed by atoms with van der Waals surface area (Å²) >= 11 is 0. The Labute approximate surface area is 136 Å². The van der Waals surface area contributed by atoms with Crippen molar-refractivity contribution < 1.29 is 4.79 Å². The lowest BCUT2D eigenvalue weighted by molar-refractivity contribution is -0.123. The summed E-state index contributed by atoms with van der Waals surface area (Å²) in [5.74, 6) is 0.107. The van der Waals surface area contributed by atoms with E-state index >= 15 is 0 Å². The molecule has 0 aliphatic carbocycles. The summed E-state index contributed by atoms with van der Waals surface area (Å²) in [7, 11) is 0. The Morgan fingerprint density at radius 3 is 2.96 bits per heavy atom. The number of rotatable bonds is 6. The Morgan fingerprint density at radius 1 is 1.35 bits per heavy atom. The van der Waals surface area contributed by atoms with Gasteiger partial charge in [0.05, 0.1) is 17.9 Å². The molecule has 0 bridgehead atoms. The van der Waals surface area contributed by atoms with E-state index < -0.39 is 0 Å². The molecule has 7 nitrogen and oxygen atoms in total. The normalized spacial score (nSPS) is 21.4. The molecule has 3 rings (SSSR count). The minimum atomic E-state index is -0.0328. The molecule has 7 heteroatoms. The summed E-state index contributed by atoms with van der Waals surface area (Å²) in [6.07, 6.45) is 7.08. The third-order valence-corrected chi connectivity index (χ3v) is 4.39. The molecule has 2 atom stereocenters. The fourth-order valence-corrected chi connectivity index (χ4v) is 3.08. The summed E-state index contributed by atoms with van der Waals surface area (Å²) in [6, 6.07) is 2.19. The highest BCUT2D eigenvalue weighted by Crippen LogP contribution is 2.24. The van der Waals surface area contributed by atoms with Crippen molar-refractivity contribution in [2.75, 3.05) is 0 Å². The highest BCUT2D eigenvalue weighted by Gasteiger charge is 2.30. The third kappa shape index (κ3) is 3.44. The summed E-state index contributed by atoms with van der Waals surface area (Å²) in [6.45, 7) is 6.57. The Bertz CT molecular complexity index is 661. The van der Waals surface area contributed by atoms with Crippen LogP contribution in [0.5, 0.6) is 0 Å². The zero-order valence-corrected chi connectivity index (χ0v) is 13.7. The molecule has 124 valence electrons. The van der Waals surface area contributed by atoms with Crippen LogP contribution >= 0.6 is 0 Å². The zero-order valence-electron chi connectivity index (χ0n) is 13.7. The first-order valence-electron chi connectivity index (χ1n) is 8.27. The van der Waals surface area contributed by atoms with E-state index in [1.165, 1.54) is 0 Å². The molecule has 1 saturated heterocycles. The Balaban J connectivity index is 1.71. The highest BCUT2D eigenvalue weighted by atomic mass is 16.1. The van der Waals surface area contributed by atoms with Crippen LogP contribution in [0.25, 0.3) is 0 Å². The second-order valence-corrected chi connectivity index (χ2v) is 5.84. The number of amides is 1. The standard InChI is InChI=1S/C16H24N6O/c1-3-21-11-12(9-19-21)16-14(5-6-15(23)20-16)17-10-13-7-8-18-22(13)4-2/h7-9,11,14,16-17H,3-6,10H2,1-2H3,(H,20,23)/t14-,16+/m1/s1. The molecule has 0 unspecified atom stereocenters. The maximum Gasteiger partial charge on any atom is 0.220 e. The van der Waals surface area contributed by atoms with Gasteiger partial charge in [-0.15, -0.1) is 0 Å². The molecule has 0 aromatic carbocycles. The van der Waals surface area contributed by atoms with Crippen molar-refractivity contribution in [3.8, 4) is 0 Å². The number of nitrogens with one attached hydrogen (secondary N) is 2. The molecule has 3 heterocycles. The maximum absolute atomic E-state index is 11.8. The van der Waals surface area contributed by atoms with E-state index in [4.69, 9.17) is 0 Å². The van der Waals surface area contributed by atoms with Crippen molar-refractivity contribution >= 4 is 5.91 Å². The summed E-state index contributed by atoms with van der Waals surface area (Å²) in [5, 5.41) is 15.3. The van der Waals surface area contributed by atoms with Crippen LogP contribution in [-0.4, -0.2) is 31.5 Å². The van der Waals surface area contributed by atoms with Gasteiger partial charge in [0.2, 0.25) is 5.91 Å². The third-order valence-electron chi connectivity index (χ3n) is 4.39. The van der Waals surface area contributed by atoms with Gasteiger partial charge < -0.3 is 10.6 Å². The molecule has 0 saturated carbocycles. The molecule has 2 N–H and O–H groups in total. The van der Waals surface area contributed by atoms with Gasteiger partial charge in [-0.1, -0.05) is 0 Å². The minimum absolute atomic E-state index is 0.0328. The molecule has 1 fully saturated rings. The molecule has 23 heavy (non-hydrogen) atoms. The number of piperidine rings is 1. The Hall–Kier alpha value is -2.15. The van der Waals surface area contributed by atoms with Gasteiger partial charge in [0.25, 0.3) is 0 Å². The monoisotopic (exact) mass is 316 g/mol. The molecule has 0 spiro atoms. The van der Waals surface area contributed by atoms with E-state index in [9.17, 15) is 4.79 Å². The van der Waals surface area contributed by atoms with Gasteiger partial charge in [-0.25, -0.2) is 0 Å². The number of aryl methyl sites for hydroxylation is 2. The lowest BCUT2D eigenvalue weighted by Gasteiger charge is -2.32. The Morgan fingerprint density at radius 2 is 2.22 bits per heavy atom. The number of carbonyl (C=O) groups excluding carboxylic acids is 1. The Kier molecular flexibility index (Phi) is 4.76. The fourth-order valence-electron chi connectivity index (χ4n) is 3.08. The quantitative estimate of drug-likeness (QED) is 0.840. The van der Waals surface area contributed by atoms with Crippen LogP contribution < -0.4 is 10.6 Å². The van der Waals surface area contributed by atoms with Gasteiger partial charge in [0, 0.05) is 50.1 Å². The lowest BCUT2D eigenvalue weighted by atomic mass is 9.93. The van der Waals surface area contributed by atoms with E-state index in [0.29, 0.717) is 6.42 Å². The van der Waals surface area contributed by atoms with Crippen LogP contribution in [-0.2, 0) is 24.4 Å². The summed E-state index contributed by atoms with van der Waals surface area (Å²) in [4.78, 5) is 11.8. The first kappa shape index (κ1) is 15.7. The molecule has 1 aliphatic heterocycles. The summed E-state index contributed by atoms with van der Waals surface area (Å²) < 4.78 is 3.87. The molecule has 0 radical (unpaired) electrons. The van der Waals surface area contributed by atoms with Crippen molar-refractivity contribution in [2.45, 2.75) is 58.4 Å².